The van der Waals surface area contributed by atoms with E-state index >= 15 is 0 Å². The van der Waals surface area contributed by atoms with Crippen LogP contribution in [-0.2, 0) is 0 Å². The van der Waals surface area contributed by atoms with Gasteiger partial charge in [0.05, 0.1) is 17.2 Å². The number of hydrogen-bond donors (Lipinski definition) is 1. The van der Waals surface area contributed by atoms with E-state index in [4.69, 9.17) is 4.42 Å². The van der Waals surface area contributed by atoms with Gasteiger partial charge in [0.2, 0.25) is 5.89 Å². The Hall–Kier alpha value is -1.27. The highest BCUT2D eigenvalue weighted by atomic mass is 32.1. The van der Waals surface area contributed by atoms with Crippen molar-refractivity contribution in [2.24, 2.45) is 0 Å². The van der Waals surface area contributed by atoms with Crippen LogP contribution >= 0.6 is 11.3 Å². The minimum Gasteiger partial charge on any atom is -0.418 e. The van der Waals surface area contributed by atoms with E-state index in [0.29, 0.717) is 11.8 Å². The fraction of sp³-hybridized carbons (Fsp3) is 0.444. The van der Waals surface area contributed by atoms with Crippen LogP contribution in [-0.4, -0.2) is 22.2 Å². The fourth-order valence-electron chi connectivity index (χ4n) is 1.09. The van der Waals surface area contributed by atoms with Crippen molar-refractivity contribution in [2.45, 2.75) is 19.9 Å². The zero-order valence-corrected chi connectivity index (χ0v) is 9.63. The van der Waals surface area contributed by atoms with Crippen LogP contribution in [0.1, 0.15) is 23.9 Å². The molecule has 0 fully saturated rings. The first-order valence-electron chi connectivity index (χ1n) is 4.64. The summed E-state index contributed by atoms with van der Waals surface area (Å²) in [5.41, 5.74) is 0. The van der Waals surface area contributed by atoms with E-state index in [1.54, 1.807) is 17.5 Å². The molecule has 0 aliphatic carbocycles. The quantitative estimate of drug-likeness (QED) is 0.861. The molecule has 0 radical (unpaired) electrons. The summed E-state index contributed by atoms with van der Waals surface area (Å²) in [4.78, 5) is 5.05. The van der Waals surface area contributed by atoms with Gasteiger partial charge in [0.25, 0.3) is 5.89 Å². The second kappa shape index (κ2) is 4.08. The van der Waals surface area contributed by atoms with E-state index in [1.807, 2.05) is 20.9 Å². The highest BCUT2D eigenvalue weighted by Crippen LogP contribution is 2.25. The van der Waals surface area contributed by atoms with Crippen molar-refractivity contribution in [3.05, 3.63) is 17.1 Å². The summed E-state index contributed by atoms with van der Waals surface area (Å²) in [5.74, 6) is 1.14. The van der Waals surface area contributed by atoms with Crippen LogP contribution in [0.25, 0.3) is 10.8 Å². The summed E-state index contributed by atoms with van der Waals surface area (Å²) in [6.07, 6.45) is 1.75. The Kier molecular flexibility index (Phi) is 2.79. The third kappa shape index (κ3) is 2.05. The number of hydrogen-bond acceptors (Lipinski definition) is 6. The molecule has 0 saturated heterocycles. The van der Waals surface area contributed by atoms with Crippen LogP contribution in [0.5, 0.6) is 0 Å². The van der Waals surface area contributed by atoms with Gasteiger partial charge >= 0.3 is 0 Å². The third-order valence-corrected chi connectivity index (χ3v) is 2.98. The predicted molar refractivity (Wildman–Crippen MR) is 57.6 cm³/mol. The first kappa shape index (κ1) is 10.3. The highest BCUT2D eigenvalue weighted by Gasteiger charge is 2.14. The second-order valence-electron chi connectivity index (χ2n) is 3.20. The minimum atomic E-state index is 0.0697. The van der Waals surface area contributed by atoms with Gasteiger partial charge in [0.15, 0.2) is 0 Å². The molecule has 0 aromatic carbocycles. The predicted octanol–water partition coefficient (Wildman–Crippen LogP) is 1.78. The van der Waals surface area contributed by atoms with Crippen molar-refractivity contribution < 1.29 is 4.42 Å². The van der Waals surface area contributed by atoms with Crippen molar-refractivity contribution in [1.29, 1.82) is 0 Å². The van der Waals surface area contributed by atoms with Gasteiger partial charge in [-0.15, -0.1) is 21.5 Å². The molecule has 2 heterocycles. The van der Waals surface area contributed by atoms with Crippen LogP contribution in [0.2, 0.25) is 0 Å². The maximum absolute atomic E-state index is 5.52. The lowest BCUT2D eigenvalue weighted by molar-refractivity contribution is 0.442. The first-order valence-corrected chi connectivity index (χ1v) is 5.46. The third-order valence-electron chi connectivity index (χ3n) is 2.08. The molecule has 0 aliphatic rings. The topological polar surface area (TPSA) is 63.8 Å². The molecule has 5 nitrogen and oxygen atoms in total. The SMILES string of the molecule is CNC(C)c1nnc(-c2cnc(C)s2)o1. The van der Waals surface area contributed by atoms with Crippen LogP contribution in [0.4, 0.5) is 0 Å². The summed E-state index contributed by atoms with van der Waals surface area (Å²) < 4.78 is 5.52. The van der Waals surface area contributed by atoms with Crippen LogP contribution in [0.3, 0.4) is 0 Å². The average Bonchev–Trinajstić information content (AvgIpc) is 2.84. The molecule has 2 aromatic rings. The summed E-state index contributed by atoms with van der Waals surface area (Å²) >= 11 is 1.55. The molecule has 0 aliphatic heterocycles. The molecule has 0 saturated carbocycles. The van der Waals surface area contributed by atoms with Crippen LogP contribution in [0.15, 0.2) is 10.6 Å². The Balaban J connectivity index is 2.27. The molecule has 2 aromatic heterocycles. The molecular weight excluding hydrogens is 212 g/mol. The van der Waals surface area contributed by atoms with Gasteiger partial charge in [-0.25, -0.2) is 4.98 Å². The summed E-state index contributed by atoms with van der Waals surface area (Å²) in [6, 6.07) is 0.0697. The molecule has 1 N–H and O–H groups in total. The molecule has 6 heteroatoms. The van der Waals surface area contributed by atoms with E-state index < -0.39 is 0 Å². The van der Waals surface area contributed by atoms with Crippen molar-refractivity contribution >= 4 is 11.3 Å². The molecule has 1 atom stereocenters. The molecule has 80 valence electrons. The largest absolute Gasteiger partial charge is 0.418 e. The number of rotatable bonds is 3. The van der Waals surface area contributed by atoms with Crippen LogP contribution in [0, 0.1) is 6.92 Å². The maximum Gasteiger partial charge on any atom is 0.259 e. The Bertz CT molecular complexity index is 450. The molecule has 0 bridgehead atoms. The van der Waals surface area contributed by atoms with E-state index in [9.17, 15) is 0 Å². The Morgan fingerprint density at radius 1 is 1.47 bits per heavy atom. The molecule has 2 rings (SSSR count). The monoisotopic (exact) mass is 224 g/mol. The van der Waals surface area contributed by atoms with E-state index in [0.717, 1.165) is 9.88 Å². The number of aryl methyl sites for hydroxylation is 1. The molecule has 1 unspecified atom stereocenters. The first-order chi connectivity index (χ1) is 7.20. The van der Waals surface area contributed by atoms with Gasteiger partial charge < -0.3 is 9.73 Å². The zero-order chi connectivity index (χ0) is 10.8. The lowest BCUT2D eigenvalue weighted by Crippen LogP contribution is -2.12. The summed E-state index contributed by atoms with van der Waals surface area (Å²) in [6.45, 7) is 3.91. The zero-order valence-electron chi connectivity index (χ0n) is 8.81. The maximum atomic E-state index is 5.52. The number of aromatic nitrogens is 3. The van der Waals surface area contributed by atoms with Gasteiger partial charge in [-0.05, 0) is 20.9 Å². The van der Waals surface area contributed by atoms with E-state index in [-0.39, 0.29) is 6.04 Å². The standard InChI is InChI=1S/C9H12N4OS/c1-5(10-3)8-12-13-9(14-8)7-4-11-6(2)15-7/h4-5,10H,1-3H3. The van der Waals surface area contributed by atoms with Crippen molar-refractivity contribution in [1.82, 2.24) is 20.5 Å². The number of thiazole rings is 1. The van der Waals surface area contributed by atoms with Gasteiger partial charge in [-0.2, -0.15) is 0 Å². The number of nitrogens with one attached hydrogen (secondary N) is 1. The normalized spacial score (nSPS) is 13.0. The van der Waals surface area contributed by atoms with Gasteiger partial charge in [0.1, 0.15) is 4.88 Å². The molecule has 0 spiro atoms. The van der Waals surface area contributed by atoms with Crippen molar-refractivity contribution in [2.75, 3.05) is 7.05 Å². The Morgan fingerprint density at radius 2 is 2.27 bits per heavy atom. The van der Waals surface area contributed by atoms with Crippen LogP contribution < -0.4 is 5.32 Å². The smallest absolute Gasteiger partial charge is 0.259 e. The summed E-state index contributed by atoms with van der Waals surface area (Å²) in [7, 11) is 1.85. The van der Waals surface area contributed by atoms with Crippen molar-refractivity contribution in [3.63, 3.8) is 0 Å². The average molecular weight is 224 g/mol. The Morgan fingerprint density at radius 3 is 2.87 bits per heavy atom. The van der Waals surface area contributed by atoms with E-state index in [1.165, 1.54) is 0 Å². The minimum absolute atomic E-state index is 0.0697. The second-order valence-corrected chi connectivity index (χ2v) is 4.43. The van der Waals surface area contributed by atoms with Gasteiger partial charge in [0, 0.05) is 0 Å². The van der Waals surface area contributed by atoms with Crippen molar-refractivity contribution in [3.8, 4) is 10.8 Å². The summed E-state index contributed by atoms with van der Waals surface area (Å²) in [5, 5.41) is 12.0. The molecular formula is C9H12N4OS. The number of nitrogens with zero attached hydrogens (tertiary/aromatic N) is 3. The van der Waals surface area contributed by atoms with Gasteiger partial charge in [-0.1, -0.05) is 0 Å². The Labute approximate surface area is 91.6 Å². The lowest BCUT2D eigenvalue weighted by Gasteiger charge is -2.01. The van der Waals surface area contributed by atoms with Gasteiger partial charge in [-0.3, -0.25) is 0 Å². The molecule has 0 amide bonds. The molecule has 15 heavy (non-hydrogen) atoms. The fourth-order valence-corrected chi connectivity index (χ4v) is 1.79. The highest BCUT2D eigenvalue weighted by molar-refractivity contribution is 7.14. The van der Waals surface area contributed by atoms with E-state index in [2.05, 4.69) is 20.5 Å². The lowest BCUT2D eigenvalue weighted by atomic mass is 10.3.